The molecule has 156 valence electrons. The highest BCUT2D eigenvalue weighted by atomic mass is 32.2. The molecule has 4 rings (SSSR count). The van der Waals surface area contributed by atoms with Gasteiger partial charge >= 0.3 is 0 Å². The summed E-state index contributed by atoms with van der Waals surface area (Å²) in [5.41, 5.74) is 12.1. The van der Waals surface area contributed by atoms with Crippen LogP contribution in [0.15, 0.2) is 33.1 Å². The summed E-state index contributed by atoms with van der Waals surface area (Å²) in [4.78, 5) is 0. The summed E-state index contributed by atoms with van der Waals surface area (Å²) in [7, 11) is 0. The number of aryl methyl sites for hydroxylation is 2. The maximum absolute atomic E-state index is 6.23. The molecule has 5 nitrogen and oxygen atoms in total. The first-order chi connectivity index (χ1) is 13.2. The van der Waals surface area contributed by atoms with Gasteiger partial charge in [-0.3, -0.25) is 0 Å². The number of furan rings is 2. The van der Waals surface area contributed by atoms with E-state index in [1.165, 1.54) is 18.6 Å². The van der Waals surface area contributed by atoms with Crippen LogP contribution in [-0.4, -0.2) is 22.7 Å². The monoisotopic (exact) mass is 406 g/mol. The van der Waals surface area contributed by atoms with E-state index in [1.807, 2.05) is 49.9 Å². The van der Waals surface area contributed by atoms with Gasteiger partial charge in [0.1, 0.15) is 23.0 Å². The Bertz CT molecular complexity index is 693. The number of rotatable bonds is 4. The van der Waals surface area contributed by atoms with Crippen LogP contribution in [0.4, 0.5) is 0 Å². The van der Waals surface area contributed by atoms with Crippen molar-refractivity contribution >= 4 is 11.8 Å². The molecular formula is C22H34N2O3S. The predicted octanol–water partition coefficient (Wildman–Crippen LogP) is 5.03. The summed E-state index contributed by atoms with van der Waals surface area (Å²) in [6.45, 7) is 8.99. The molecule has 0 bridgehead atoms. The molecule has 2 aromatic heterocycles. The lowest BCUT2D eigenvalue weighted by Gasteiger charge is -2.28. The molecule has 4 unspecified atom stereocenters. The van der Waals surface area contributed by atoms with E-state index >= 15 is 0 Å². The van der Waals surface area contributed by atoms with Crippen LogP contribution in [-0.2, 0) is 4.74 Å². The Hall–Kier alpha value is -1.21. The van der Waals surface area contributed by atoms with E-state index in [1.54, 1.807) is 0 Å². The maximum atomic E-state index is 6.23. The van der Waals surface area contributed by atoms with Gasteiger partial charge in [0.15, 0.2) is 0 Å². The third kappa shape index (κ3) is 4.67. The van der Waals surface area contributed by atoms with Crippen molar-refractivity contribution in [3.05, 3.63) is 47.3 Å². The molecule has 0 amide bonds. The molecule has 2 saturated heterocycles. The molecule has 0 saturated carbocycles. The normalized spacial score (nSPS) is 29.4. The summed E-state index contributed by atoms with van der Waals surface area (Å²) in [6, 6.07) is 7.74. The lowest BCUT2D eigenvalue weighted by atomic mass is 9.92. The van der Waals surface area contributed by atoms with Crippen LogP contribution in [0.25, 0.3) is 0 Å². The second kappa shape index (κ2) is 8.66. The maximum Gasteiger partial charge on any atom is 0.123 e. The number of hydrogen-bond donors (Lipinski definition) is 2. The van der Waals surface area contributed by atoms with Crippen molar-refractivity contribution in [3.8, 4) is 0 Å². The third-order valence-electron chi connectivity index (χ3n) is 5.95. The van der Waals surface area contributed by atoms with Crippen molar-refractivity contribution in [3.63, 3.8) is 0 Å². The minimum absolute atomic E-state index is 0.0312. The van der Waals surface area contributed by atoms with Crippen molar-refractivity contribution in [1.82, 2.24) is 0 Å². The van der Waals surface area contributed by atoms with Gasteiger partial charge in [-0.1, -0.05) is 0 Å². The Morgan fingerprint density at radius 3 is 1.93 bits per heavy atom. The highest BCUT2D eigenvalue weighted by Crippen LogP contribution is 2.45. The van der Waals surface area contributed by atoms with Gasteiger partial charge in [-0.2, -0.15) is 11.8 Å². The number of hydrogen-bond acceptors (Lipinski definition) is 6. The van der Waals surface area contributed by atoms with Gasteiger partial charge < -0.3 is 25.0 Å². The van der Waals surface area contributed by atoms with Crippen LogP contribution in [0, 0.1) is 13.8 Å². The molecule has 6 heteroatoms. The average Bonchev–Trinajstić information content (AvgIpc) is 3.44. The van der Waals surface area contributed by atoms with E-state index in [0.29, 0.717) is 0 Å². The van der Waals surface area contributed by atoms with Crippen molar-refractivity contribution in [1.29, 1.82) is 0 Å². The lowest BCUT2D eigenvalue weighted by molar-refractivity contribution is -0.00700. The zero-order valence-electron chi connectivity index (χ0n) is 17.5. The largest absolute Gasteiger partial charge is 0.465 e. The van der Waals surface area contributed by atoms with Crippen LogP contribution >= 0.6 is 11.8 Å². The molecule has 28 heavy (non-hydrogen) atoms. The summed E-state index contributed by atoms with van der Waals surface area (Å²) >= 11 is 1.97. The quantitative estimate of drug-likeness (QED) is 0.740. The second-order valence-electron chi connectivity index (χ2n) is 8.38. The highest BCUT2D eigenvalue weighted by molar-refractivity contribution is 8.00. The van der Waals surface area contributed by atoms with Crippen LogP contribution < -0.4 is 11.5 Å². The Morgan fingerprint density at radius 1 is 0.893 bits per heavy atom. The molecule has 2 aliphatic heterocycles. The summed E-state index contributed by atoms with van der Waals surface area (Å²) in [5.74, 6) is 4.83. The van der Waals surface area contributed by atoms with Crippen LogP contribution in [0.2, 0.25) is 0 Å². The molecule has 4 N–H and O–H groups in total. The Morgan fingerprint density at radius 2 is 1.50 bits per heavy atom. The van der Waals surface area contributed by atoms with E-state index < -0.39 is 0 Å². The van der Waals surface area contributed by atoms with E-state index in [0.717, 1.165) is 42.5 Å². The topological polar surface area (TPSA) is 87.5 Å². The van der Waals surface area contributed by atoms with Gasteiger partial charge in [0.05, 0.1) is 17.7 Å². The molecule has 2 aromatic rings. The molecule has 2 fully saturated rings. The van der Waals surface area contributed by atoms with Gasteiger partial charge in [0, 0.05) is 11.4 Å². The third-order valence-corrected chi connectivity index (χ3v) is 7.56. The molecule has 0 aromatic carbocycles. The highest BCUT2D eigenvalue weighted by Gasteiger charge is 2.39. The second-order valence-corrected chi connectivity index (χ2v) is 10.0. The minimum Gasteiger partial charge on any atom is -0.465 e. The summed E-state index contributed by atoms with van der Waals surface area (Å²) < 4.78 is 17.0. The van der Waals surface area contributed by atoms with Gasteiger partial charge in [0.2, 0.25) is 0 Å². The van der Waals surface area contributed by atoms with E-state index in [-0.39, 0.29) is 22.4 Å². The molecule has 0 aliphatic carbocycles. The number of nitrogens with two attached hydrogens (primary N) is 2. The molecule has 4 atom stereocenters. The smallest absolute Gasteiger partial charge is 0.123 e. The van der Waals surface area contributed by atoms with Crippen molar-refractivity contribution in [2.75, 3.05) is 12.4 Å². The lowest BCUT2D eigenvalue weighted by Crippen LogP contribution is -2.37. The van der Waals surface area contributed by atoms with Crippen LogP contribution in [0.3, 0.4) is 0 Å². The SMILES string of the molecule is Cc1ccc(C(N)C2(C)CCCO2)o1.Cc1ccc(C(N)C2(C)CCCS2)o1. The average molecular weight is 407 g/mol. The fourth-order valence-electron chi connectivity index (χ4n) is 3.93. The predicted molar refractivity (Wildman–Crippen MR) is 114 cm³/mol. The zero-order valence-corrected chi connectivity index (χ0v) is 18.3. The van der Waals surface area contributed by atoms with Crippen molar-refractivity contribution in [2.24, 2.45) is 11.5 Å². The van der Waals surface area contributed by atoms with Crippen molar-refractivity contribution in [2.45, 2.75) is 75.8 Å². The molecule has 0 spiro atoms. The minimum atomic E-state index is -0.246. The first kappa shape index (κ1) is 21.5. The molecule has 2 aliphatic rings. The molecule has 0 radical (unpaired) electrons. The Balaban J connectivity index is 0.000000161. The number of ether oxygens (including phenoxy) is 1. The Labute approximate surface area is 172 Å². The van der Waals surface area contributed by atoms with E-state index in [4.69, 9.17) is 25.0 Å². The summed E-state index contributed by atoms with van der Waals surface area (Å²) in [5, 5.41) is 0. The van der Waals surface area contributed by atoms with Gasteiger partial charge in [-0.25, -0.2) is 0 Å². The fourth-order valence-corrected chi connectivity index (χ4v) is 5.27. The van der Waals surface area contributed by atoms with E-state index in [9.17, 15) is 0 Å². The fraction of sp³-hybridized carbons (Fsp3) is 0.636. The molecule has 4 heterocycles. The van der Waals surface area contributed by atoms with Gasteiger partial charge in [-0.05, 0) is 83.4 Å². The van der Waals surface area contributed by atoms with Crippen LogP contribution in [0.1, 0.15) is 74.7 Å². The first-order valence-electron chi connectivity index (χ1n) is 10.2. The number of thioether (sulfide) groups is 1. The first-order valence-corrected chi connectivity index (χ1v) is 11.1. The Kier molecular flexibility index (Phi) is 6.65. The summed E-state index contributed by atoms with van der Waals surface area (Å²) in [6.07, 6.45) is 4.56. The zero-order chi connectivity index (χ0) is 20.4. The van der Waals surface area contributed by atoms with Gasteiger partial charge in [-0.15, -0.1) is 0 Å². The standard InChI is InChI=1S/C11H17NO2.C11H17NOS/c1-8-4-5-9(14-8)10(12)11(2)6-3-7-13-11;1-8-4-5-9(13-8)10(12)11(2)6-3-7-14-11/h2*4-5,10H,3,6-7,12H2,1-2H3. The van der Waals surface area contributed by atoms with Crippen LogP contribution in [0.5, 0.6) is 0 Å². The van der Waals surface area contributed by atoms with Gasteiger partial charge in [0.25, 0.3) is 0 Å². The van der Waals surface area contributed by atoms with E-state index in [2.05, 4.69) is 13.8 Å². The molecular weight excluding hydrogens is 372 g/mol. The van der Waals surface area contributed by atoms with Crippen molar-refractivity contribution < 1.29 is 13.6 Å².